The molecule has 2 fully saturated rings. The second-order valence-electron chi connectivity index (χ2n) is 6.93. The van der Waals surface area contributed by atoms with Crippen molar-refractivity contribution in [3.8, 4) is 0 Å². The number of aromatic nitrogens is 3. The molecule has 2 saturated heterocycles. The Hall–Kier alpha value is -2.90. The average molecular weight is 367 g/mol. The summed E-state index contributed by atoms with van der Waals surface area (Å²) in [6.45, 7) is 5.54. The van der Waals surface area contributed by atoms with E-state index in [0.29, 0.717) is 19.6 Å². The van der Waals surface area contributed by atoms with Crippen LogP contribution in [0, 0.1) is 0 Å². The molecule has 4 rings (SSSR count). The molecule has 0 aliphatic carbocycles. The quantitative estimate of drug-likeness (QED) is 0.883. The molecule has 27 heavy (non-hydrogen) atoms. The number of piperazine rings is 1. The highest BCUT2D eigenvalue weighted by Gasteiger charge is 2.21. The number of pyridine rings is 1. The monoisotopic (exact) mass is 367 g/mol. The van der Waals surface area contributed by atoms with E-state index < -0.39 is 0 Å². The van der Waals surface area contributed by atoms with E-state index in [0.717, 1.165) is 43.4 Å². The highest BCUT2D eigenvalue weighted by atomic mass is 16.2. The van der Waals surface area contributed by atoms with Crippen LogP contribution in [0.5, 0.6) is 0 Å². The third-order valence-corrected chi connectivity index (χ3v) is 5.13. The first kappa shape index (κ1) is 17.5. The number of rotatable bonds is 4. The lowest BCUT2D eigenvalue weighted by atomic mass is 10.2. The van der Waals surface area contributed by atoms with Gasteiger partial charge in [-0.05, 0) is 36.6 Å². The molecule has 8 heteroatoms. The molecule has 8 nitrogen and oxygen atoms in total. The van der Waals surface area contributed by atoms with Crippen LogP contribution in [0.2, 0.25) is 0 Å². The highest BCUT2D eigenvalue weighted by molar-refractivity contribution is 5.74. The standard InChI is InChI=1S/C19H25N7O/c27-19(26-12-10-25(11-13-26)18-4-3-7-22-23-18)21-15-16-5-6-17(20-14-16)24-8-1-2-9-24/h3-7,14H,1-2,8-13,15H2,(H,21,27). The number of anilines is 2. The van der Waals surface area contributed by atoms with Crippen molar-refractivity contribution in [3.05, 3.63) is 42.2 Å². The summed E-state index contributed by atoms with van der Waals surface area (Å²) in [6, 6.07) is 7.89. The van der Waals surface area contributed by atoms with Crippen molar-refractivity contribution in [1.82, 2.24) is 25.4 Å². The Morgan fingerprint density at radius 1 is 0.963 bits per heavy atom. The topological polar surface area (TPSA) is 77.5 Å². The molecule has 4 heterocycles. The molecule has 2 aliphatic heterocycles. The largest absolute Gasteiger partial charge is 0.357 e. The van der Waals surface area contributed by atoms with Gasteiger partial charge in [0.25, 0.3) is 0 Å². The van der Waals surface area contributed by atoms with Gasteiger partial charge >= 0.3 is 6.03 Å². The van der Waals surface area contributed by atoms with Gasteiger partial charge in [-0.15, -0.1) is 5.10 Å². The molecule has 0 saturated carbocycles. The van der Waals surface area contributed by atoms with E-state index >= 15 is 0 Å². The number of urea groups is 1. The van der Waals surface area contributed by atoms with E-state index in [1.54, 1.807) is 6.20 Å². The van der Waals surface area contributed by atoms with Gasteiger partial charge in [-0.2, -0.15) is 5.10 Å². The number of hydrogen-bond acceptors (Lipinski definition) is 6. The second-order valence-corrected chi connectivity index (χ2v) is 6.93. The minimum Gasteiger partial charge on any atom is -0.357 e. The lowest BCUT2D eigenvalue weighted by molar-refractivity contribution is 0.194. The Morgan fingerprint density at radius 2 is 1.74 bits per heavy atom. The number of carbonyl (C=O) groups is 1. The van der Waals surface area contributed by atoms with Crippen LogP contribution in [-0.2, 0) is 6.54 Å². The van der Waals surface area contributed by atoms with Crippen LogP contribution < -0.4 is 15.1 Å². The predicted molar refractivity (Wildman–Crippen MR) is 104 cm³/mol. The van der Waals surface area contributed by atoms with E-state index in [1.165, 1.54) is 12.8 Å². The molecule has 2 aromatic rings. The normalized spacial score (nSPS) is 17.3. The van der Waals surface area contributed by atoms with Gasteiger partial charge in [-0.1, -0.05) is 6.07 Å². The molecule has 0 aromatic carbocycles. The molecule has 0 bridgehead atoms. The van der Waals surface area contributed by atoms with Crippen molar-refractivity contribution < 1.29 is 4.79 Å². The fraction of sp³-hybridized carbons (Fsp3) is 0.474. The van der Waals surface area contributed by atoms with E-state index in [1.807, 2.05) is 35.4 Å². The van der Waals surface area contributed by atoms with Crippen LogP contribution in [-0.4, -0.2) is 65.4 Å². The number of hydrogen-bond donors (Lipinski definition) is 1. The molecule has 0 unspecified atom stereocenters. The van der Waals surface area contributed by atoms with Crippen LogP contribution in [0.1, 0.15) is 18.4 Å². The Balaban J connectivity index is 1.24. The molecular weight excluding hydrogens is 342 g/mol. The van der Waals surface area contributed by atoms with Crippen molar-refractivity contribution >= 4 is 17.7 Å². The lowest BCUT2D eigenvalue weighted by Gasteiger charge is -2.35. The first-order chi connectivity index (χ1) is 13.3. The van der Waals surface area contributed by atoms with E-state index in [9.17, 15) is 4.79 Å². The molecule has 1 N–H and O–H groups in total. The van der Waals surface area contributed by atoms with E-state index in [2.05, 4.69) is 30.3 Å². The maximum Gasteiger partial charge on any atom is 0.317 e. The van der Waals surface area contributed by atoms with Gasteiger partial charge in [0.2, 0.25) is 0 Å². The molecular formula is C19H25N7O. The zero-order valence-corrected chi connectivity index (χ0v) is 15.4. The smallest absolute Gasteiger partial charge is 0.317 e. The van der Waals surface area contributed by atoms with Gasteiger partial charge in [0.1, 0.15) is 5.82 Å². The van der Waals surface area contributed by atoms with Crippen LogP contribution in [0.3, 0.4) is 0 Å². The summed E-state index contributed by atoms with van der Waals surface area (Å²) in [5.74, 6) is 1.89. The number of amides is 2. The Bertz CT molecular complexity index is 738. The Morgan fingerprint density at radius 3 is 2.41 bits per heavy atom. The first-order valence-electron chi connectivity index (χ1n) is 9.55. The van der Waals surface area contributed by atoms with Crippen LogP contribution in [0.4, 0.5) is 16.4 Å². The van der Waals surface area contributed by atoms with Crippen LogP contribution in [0.25, 0.3) is 0 Å². The van der Waals surface area contributed by atoms with Crippen molar-refractivity contribution in [2.75, 3.05) is 49.1 Å². The summed E-state index contributed by atoms with van der Waals surface area (Å²) in [5, 5.41) is 11.0. The second kappa shape index (κ2) is 8.20. The summed E-state index contributed by atoms with van der Waals surface area (Å²) in [5.41, 5.74) is 1.02. The molecule has 2 aromatic heterocycles. The van der Waals surface area contributed by atoms with Gasteiger partial charge in [-0.3, -0.25) is 0 Å². The molecule has 2 aliphatic rings. The minimum atomic E-state index is -0.0302. The average Bonchev–Trinajstić information content (AvgIpc) is 3.28. The van der Waals surface area contributed by atoms with E-state index in [-0.39, 0.29) is 6.03 Å². The van der Waals surface area contributed by atoms with Gasteiger partial charge < -0.3 is 20.0 Å². The zero-order valence-electron chi connectivity index (χ0n) is 15.4. The van der Waals surface area contributed by atoms with Crippen molar-refractivity contribution in [3.63, 3.8) is 0 Å². The summed E-state index contributed by atoms with van der Waals surface area (Å²) < 4.78 is 0. The van der Waals surface area contributed by atoms with Gasteiger partial charge in [0.15, 0.2) is 5.82 Å². The highest BCUT2D eigenvalue weighted by Crippen LogP contribution is 2.17. The Kier molecular flexibility index (Phi) is 5.32. The third kappa shape index (κ3) is 4.27. The van der Waals surface area contributed by atoms with Crippen LogP contribution >= 0.6 is 0 Å². The summed E-state index contributed by atoms with van der Waals surface area (Å²) in [6.07, 6.45) is 6.01. The zero-order chi connectivity index (χ0) is 18.5. The Labute approximate surface area is 159 Å². The van der Waals surface area contributed by atoms with Gasteiger partial charge in [-0.25, -0.2) is 9.78 Å². The van der Waals surface area contributed by atoms with Crippen LogP contribution in [0.15, 0.2) is 36.7 Å². The molecule has 0 atom stereocenters. The summed E-state index contributed by atoms with van der Waals surface area (Å²) >= 11 is 0. The van der Waals surface area contributed by atoms with Crippen molar-refractivity contribution in [2.24, 2.45) is 0 Å². The third-order valence-electron chi connectivity index (χ3n) is 5.13. The fourth-order valence-electron chi connectivity index (χ4n) is 3.54. The first-order valence-corrected chi connectivity index (χ1v) is 9.55. The number of nitrogens with one attached hydrogen (secondary N) is 1. The minimum absolute atomic E-state index is 0.0302. The number of nitrogens with zero attached hydrogens (tertiary/aromatic N) is 6. The predicted octanol–water partition coefficient (Wildman–Crippen LogP) is 1.50. The van der Waals surface area contributed by atoms with Gasteiger partial charge in [0.05, 0.1) is 0 Å². The molecule has 2 amide bonds. The van der Waals surface area contributed by atoms with Gasteiger partial charge in [0, 0.05) is 58.2 Å². The lowest BCUT2D eigenvalue weighted by Crippen LogP contribution is -2.51. The summed E-state index contributed by atoms with van der Waals surface area (Å²) in [7, 11) is 0. The summed E-state index contributed by atoms with van der Waals surface area (Å²) in [4.78, 5) is 23.3. The van der Waals surface area contributed by atoms with Crippen molar-refractivity contribution in [1.29, 1.82) is 0 Å². The van der Waals surface area contributed by atoms with Crippen molar-refractivity contribution in [2.45, 2.75) is 19.4 Å². The fourth-order valence-corrected chi connectivity index (χ4v) is 3.54. The van der Waals surface area contributed by atoms with E-state index in [4.69, 9.17) is 0 Å². The molecule has 142 valence electrons. The SMILES string of the molecule is O=C(NCc1ccc(N2CCCC2)nc1)N1CCN(c2cccnn2)CC1. The number of carbonyl (C=O) groups excluding carboxylic acids is 1. The molecule has 0 spiro atoms. The maximum absolute atomic E-state index is 12.4. The maximum atomic E-state index is 12.4. The molecule has 0 radical (unpaired) electrons.